The number of benzene rings is 2. The third-order valence-corrected chi connectivity index (χ3v) is 5.61. The number of rotatable bonds is 2. The van der Waals surface area contributed by atoms with Gasteiger partial charge < -0.3 is 4.90 Å². The Morgan fingerprint density at radius 1 is 1.08 bits per heavy atom. The van der Waals surface area contributed by atoms with Crippen LogP contribution < -0.4 is 4.90 Å². The molecule has 0 atom stereocenters. The first-order chi connectivity index (χ1) is 11.2. The lowest BCUT2D eigenvalue weighted by Gasteiger charge is -2.43. The van der Waals surface area contributed by atoms with Crippen molar-refractivity contribution in [3.8, 4) is 0 Å². The molecule has 0 bridgehead atoms. The molecule has 24 heavy (non-hydrogen) atoms. The fourth-order valence-corrected chi connectivity index (χ4v) is 4.11. The lowest BCUT2D eigenvalue weighted by molar-refractivity contribution is 0.447. The zero-order valence-electron chi connectivity index (χ0n) is 15.5. The van der Waals surface area contributed by atoms with Crippen molar-refractivity contribution >= 4 is 21.6 Å². The zero-order valence-corrected chi connectivity index (χ0v) is 17.1. The maximum absolute atomic E-state index is 3.75. The van der Waals surface area contributed by atoms with Gasteiger partial charge in [-0.05, 0) is 46.1 Å². The van der Waals surface area contributed by atoms with E-state index in [1.54, 1.807) is 0 Å². The second kappa shape index (κ2) is 6.22. The molecule has 1 heterocycles. The van der Waals surface area contributed by atoms with Crippen LogP contribution in [0.1, 0.15) is 57.7 Å². The van der Waals surface area contributed by atoms with Crippen molar-refractivity contribution in [3.05, 3.63) is 63.6 Å². The van der Waals surface area contributed by atoms with Crippen molar-refractivity contribution < 1.29 is 0 Å². The fraction of sp³-hybridized carbons (Fsp3) is 0.455. The van der Waals surface area contributed by atoms with E-state index < -0.39 is 0 Å². The van der Waals surface area contributed by atoms with Gasteiger partial charge in [-0.15, -0.1) is 0 Å². The molecule has 0 spiro atoms. The predicted molar refractivity (Wildman–Crippen MR) is 108 cm³/mol. The summed E-state index contributed by atoms with van der Waals surface area (Å²) in [4.78, 5) is 2.59. The summed E-state index contributed by atoms with van der Waals surface area (Å²) in [6, 6.07) is 15.5. The molecular weight excluding hydrogens is 358 g/mol. The van der Waals surface area contributed by atoms with Crippen LogP contribution in [-0.2, 0) is 17.4 Å². The average Bonchev–Trinajstić information content (AvgIpc) is 2.50. The number of anilines is 1. The Morgan fingerprint density at radius 2 is 1.75 bits per heavy atom. The molecule has 128 valence electrons. The molecule has 0 N–H and O–H groups in total. The Bertz CT molecular complexity index is 708. The first-order valence-corrected chi connectivity index (χ1v) is 9.61. The van der Waals surface area contributed by atoms with Gasteiger partial charge in [0.05, 0.1) is 0 Å². The molecule has 0 amide bonds. The Kier molecular flexibility index (Phi) is 4.55. The molecule has 2 aromatic carbocycles. The molecule has 0 unspecified atom stereocenters. The van der Waals surface area contributed by atoms with E-state index in [4.69, 9.17) is 0 Å². The summed E-state index contributed by atoms with van der Waals surface area (Å²) in [5.74, 6) is 0. The Morgan fingerprint density at radius 3 is 2.38 bits per heavy atom. The van der Waals surface area contributed by atoms with Crippen LogP contribution in [0.5, 0.6) is 0 Å². The summed E-state index contributed by atoms with van der Waals surface area (Å²) in [5.41, 5.74) is 6.08. The quantitative estimate of drug-likeness (QED) is 0.575. The Hall–Kier alpha value is -1.28. The van der Waals surface area contributed by atoms with E-state index in [9.17, 15) is 0 Å². The van der Waals surface area contributed by atoms with Gasteiger partial charge in [-0.1, -0.05) is 80.9 Å². The maximum atomic E-state index is 3.75. The predicted octanol–water partition coefficient (Wildman–Crippen LogP) is 6.43. The molecule has 0 radical (unpaired) electrons. The number of hydrogen-bond donors (Lipinski definition) is 0. The summed E-state index contributed by atoms with van der Waals surface area (Å²) in [5, 5.41) is 0. The summed E-state index contributed by atoms with van der Waals surface area (Å²) < 4.78 is 1.20. The maximum Gasteiger partial charge on any atom is 0.0446 e. The number of halogens is 1. The minimum atomic E-state index is 0.121. The average molecular weight is 386 g/mol. The SMILES string of the molecule is CC(C)(C)c1cc(Br)cc2c1N(Cc1ccccc1)CCC2(C)C. The van der Waals surface area contributed by atoms with E-state index in [1.165, 1.54) is 33.3 Å². The molecule has 1 aliphatic rings. The van der Waals surface area contributed by atoms with Gasteiger partial charge in [0, 0.05) is 23.2 Å². The van der Waals surface area contributed by atoms with Crippen molar-refractivity contribution in [1.29, 1.82) is 0 Å². The van der Waals surface area contributed by atoms with Gasteiger partial charge in [-0.2, -0.15) is 0 Å². The highest BCUT2D eigenvalue weighted by atomic mass is 79.9. The molecule has 0 saturated carbocycles. The number of fused-ring (bicyclic) bond motifs is 1. The highest BCUT2D eigenvalue weighted by molar-refractivity contribution is 9.10. The highest BCUT2D eigenvalue weighted by Gasteiger charge is 2.35. The van der Waals surface area contributed by atoms with Gasteiger partial charge in [0.2, 0.25) is 0 Å². The summed E-state index contributed by atoms with van der Waals surface area (Å²) in [6.45, 7) is 13.8. The molecule has 0 aliphatic carbocycles. The van der Waals surface area contributed by atoms with Gasteiger partial charge in [0.1, 0.15) is 0 Å². The van der Waals surface area contributed by atoms with Crippen LogP contribution in [0.4, 0.5) is 5.69 Å². The fourth-order valence-electron chi connectivity index (χ4n) is 3.65. The molecule has 1 nitrogen and oxygen atoms in total. The van der Waals surface area contributed by atoms with Gasteiger partial charge in [-0.25, -0.2) is 0 Å². The molecule has 0 fully saturated rings. The van der Waals surface area contributed by atoms with E-state index in [1.807, 2.05) is 0 Å². The highest BCUT2D eigenvalue weighted by Crippen LogP contribution is 2.46. The molecule has 0 saturated heterocycles. The molecule has 2 aromatic rings. The van der Waals surface area contributed by atoms with Gasteiger partial charge in [-0.3, -0.25) is 0 Å². The van der Waals surface area contributed by atoms with Gasteiger partial charge in [0.25, 0.3) is 0 Å². The molecule has 0 aromatic heterocycles. The van der Waals surface area contributed by atoms with Crippen LogP contribution in [0.2, 0.25) is 0 Å². The molecule has 2 heteroatoms. The van der Waals surface area contributed by atoms with Crippen LogP contribution in [0, 0.1) is 0 Å². The summed E-state index contributed by atoms with van der Waals surface area (Å²) >= 11 is 3.75. The summed E-state index contributed by atoms with van der Waals surface area (Å²) in [6.07, 6.45) is 1.19. The first-order valence-electron chi connectivity index (χ1n) is 8.82. The molecular formula is C22H28BrN. The monoisotopic (exact) mass is 385 g/mol. The van der Waals surface area contributed by atoms with Crippen molar-refractivity contribution in [2.24, 2.45) is 0 Å². The van der Waals surface area contributed by atoms with Crippen LogP contribution in [0.3, 0.4) is 0 Å². The van der Waals surface area contributed by atoms with Crippen molar-refractivity contribution in [2.75, 3.05) is 11.4 Å². The number of nitrogens with zero attached hydrogens (tertiary/aromatic N) is 1. The second-order valence-corrected chi connectivity index (χ2v) is 9.56. The number of hydrogen-bond acceptors (Lipinski definition) is 1. The van der Waals surface area contributed by atoms with Crippen LogP contribution in [0.15, 0.2) is 46.9 Å². The van der Waals surface area contributed by atoms with E-state index in [2.05, 4.69) is 97.9 Å². The van der Waals surface area contributed by atoms with E-state index in [-0.39, 0.29) is 10.8 Å². The zero-order chi connectivity index (χ0) is 17.5. The van der Waals surface area contributed by atoms with Gasteiger partial charge >= 0.3 is 0 Å². The second-order valence-electron chi connectivity index (χ2n) is 8.64. The Balaban J connectivity index is 2.14. The van der Waals surface area contributed by atoms with E-state index in [0.29, 0.717) is 0 Å². The van der Waals surface area contributed by atoms with E-state index >= 15 is 0 Å². The van der Waals surface area contributed by atoms with Crippen LogP contribution >= 0.6 is 15.9 Å². The van der Waals surface area contributed by atoms with E-state index in [0.717, 1.165) is 13.1 Å². The molecule has 1 aliphatic heterocycles. The lowest BCUT2D eigenvalue weighted by atomic mass is 9.73. The van der Waals surface area contributed by atoms with Crippen LogP contribution in [0.25, 0.3) is 0 Å². The van der Waals surface area contributed by atoms with Crippen LogP contribution in [-0.4, -0.2) is 6.54 Å². The van der Waals surface area contributed by atoms with Gasteiger partial charge in [0.15, 0.2) is 0 Å². The minimum Gasteiger partial charge on any atom is -0.367 e. The molecule has 3 rings (SSSR count). The van der Waals surface area contributed by atoms with Crippen molar-refractivity contribution in [2.45, 2.75) is 58.4 Å². The summed E-state index contributed by atoms with van der Waals surface area (Å²) in [7, 11) is 0. The third kappa shape index (κ3) is 3.39. The Labute approximate surface area is 155 Å². The lowest BCUT2D eigenvalue weighted by Crippen LogP contribution is -2.39. The smallest absolute Gasteiger partial charge is 0.0446 e. The van der Waals surface area contributed by atoms with Crippen molar-refractivity contribution in [3.63, 3.8) is 0 Å². The first kappa shape index (κ1) is 17.5. The largest absolute Gasteiger partial charge is 0.367 e. The topological polar surface area (TPSA) is 3.24 Å². The normalized spacial score (nSPS) is 16.8. The standard InChI is InChI=1S/C22H28BrN/c1-21(2,3)18-13-17(23)14-19-20(18)24(12-11-22(19,4)5)15-16-9-7-6-8-10-16/h6-10,13-14H,11-12,15H2,1-5H3. The van der Waals surface area contributed by atoms with Crippen molar-refractivity contribution in [1.82, 2.24) is 0 Å². The minimum absolute atomic E-state index is 0.121. The third-order valence-electron chi connectivity index (χ3n) is 5.15.